The summed E-state index contributed by atoms with van der Waals surface area (Å²) in [6, 6.07) is 0. The number of carboxylic acid groups (broad SMARTS) is 1. The third kappa shape index (κ3) is 2.11. The molecule has 3 nitrogen and oxygen atoms in total. The minimum Gasteiger partial charge on any atom is -0.477 e. The van der Waals surface area contributed by atoms with E-state index in [1.54, 1.807) is 6.08 Å². The highest BCUT2D eigenvalue weighted by molar-refractivity contribution is 5.86. The van der Waals surface area contributed by atoms with Crippen LogP contribution in [0.2, 0.25) is 0 Å². The molecule has 0 saturated heterocycles. The van der Waals surface area contributed by atoms with Crippen LogP contribution in [0, 0.1) is 0 Å². The molecule has 56 valence electrons. The van der Waals surface area contributed by atoms with Gasteiger partial charge in [0.15, 0.2) is 0 Å². The summed E-state index contributed by atoms with van der Waals surface area (Å²) in [6.45, 7) is 0.609. The van der Waals surface area contributed by atoms with Gasteiger partial charge in [-0.3, -0.25) is 0 Å². The van der Waals surface area contributed by atoms with E-state index < -0.39 is 5.97 Å². The van der Waals surface area contributed by atoms with Gasteiger partial charge < -0.3 is 10.4 Å². The van der Waals surface area contributed by atoms with Gasteiger partial charge in [-0.25, -0.2) is 4.79 Å². The first-order chi connectivity index (χ1) is 4.30. The van der Waals surface area contributed by atoms with Gasteiger partial charge in [0.05, 0.1) is 0 Å². The van der Waals surface area contributed by atoms with Crippen LogP contribution in [0.3, 0.4) is 0 Å². The van der Waals surface area contributed by atoms with Crippen LogP contribution in [-0.2, 0) is 4.79 Å². The van der Waals surface area contributed by atoms with Crippen LogP contribution in [0.15, 0.2) is 23.9 Å². The second-order valence-corrected chi connectivity index (χ2v) is 1.69. The van der Waals surface area contributed by atoms with Gasteiger partial charge in [-0.05, 0) is 6.08 Å². The zero-order valence-corrected chi connectivity index (χ0v) is 6.02. The number of nitrogens with one attached hydrogen (secondary N) is 1. The number of allylic oxidation sites excluding steroid dienone is 2. The lowest BCUT2D eigenvalue weighted by Gasteiger charge is -2.05. The summed E-state index contributed by atoms with van der Waals surface area (Å²) in [7, 11) is 0. The van der Waals surface area contributed by atoms with Crippen molar-refractivity contribution in [1.29, 1.82) is 0 Å². The first-order valence-corrected chi connectivity index (χ1v) is 2.64. The van der Waals surface area contributed by atoms with E-state index >= 15 is 0 Å². The lowest BCUT2D eigenvalue weighted by atomic mass is 10.3. The molecule has 1 aliphatic heterocycles. The van der Waals surface area contributed by atoms with E-state index in [-0.39, 0.29) is 18.1 Å². The van der Waals surface area contributed by atoms with Gasteiger partial charge in [0.2, 0.25) is 0 Å². The van der Waals surface area contributed by atoms with E-state index in [9.17, 15) is 4.79 Å². The van der Waals surface area contributed by atoms with Crippen LogP contribution in [0.5, 0.6) is 0 Å². The van der Waals surface area contributed by atoms with Crippen LogP contribution in [0.4, 0.5) is 0 Å². The van der Waals surface area contributed by atoms with E-state index in [0.717, 1.165) is 0 Å². The first kappa shape index (κ1) is 9.04. The van der Waals surface area contributed by atoms with Crippen molar-refractivity contribution in [3.05, 3.63) is 23.9 Å². The molecule has 4 heteroatoms. The molecule has 0 saturated carbocycles. The minimum atomic E-state index is -0.903. The number of rotatable bonds is 1. The van der Waals surface area contributed by atoms with Gasteiger partial charge in [0.25, 0.3) is 0 Å². The van der Waals surface area contributed by atoms with E-state index in [4.69, 9.17) is 5.11 Å². The SMILES string of the molecule is Cl.O=C(O)C1=CC=CCN1. The number of halogens is 1. The molecule has 0 amide bonds. The van der Waals surface area contributed by atoms with Gasteiger partial charge in [-0.2, -0.15) is 0 Å². The summed E-state index contributed by atoms with van der Waals surface area (Å²) >= 11 is 0. The molecule has 0 aromatic carbocycles. The maximum atomic E-state index is 10.2. The Morgan fingerprint density at radius 2 is 2.40 bits per heavy atom. The van der Waals surface area contributed by atoms with Crippen molar-refractivity contribution in [2.45, 2.75) is 0 Å². The fourth-order valence-corrected chi connectivity index (χ4v) is 0.607. The smallest absolute Gasteiger partial charge is 0.351 e. The van der Waals surface area contributed by atoms with E-state index in [0.29, 0.717) is 6.54 Å². The molecule has 1 rings (SSSR count). The average Bonchev–Trinajstić information content (AvgIpc) is 1.90. The van der Waals surface area contributed by atoms with Crippen molar-refractivity contribution >= 4 is 18.4 Å². The maximum absolute atomic E-state index is 10.2. The molecule has 0 aromatic heterocycles. The second kappa shape index (κ2) is 3.95. The van der Waals surface area contributed by atoms with E-state index in [1.807, 2.05) is 6.08 Å². The number of aliphatic carboxylic acids is 1. The van der Waals surface area contributed by atoms with Crippen molar-refractivity contribution in [2.75, 3.05) is 6.54 Å². The number of hydrogen-bond donors (Lipinski definition) is 2. The quantitative estimate of drug-likeness (QED) is 0.590. The van der Waals surface area contributed by atoms with Crippen molar-refractivity contribution in [3.8, 4) is 0 Å². The van der Waals surface area contributed by atoms with Gasteiger partial charge in [0.1, 0.15) is 5.70 Å². The number of carboxylic acids is 1. The maximum Gasteiger partial charge on any atom is 0.351 e. The van der Waals surface area contributed by atoms with Crippen LogP contribution >= 0.6 is 12.4 Å². The summed E-state index contributed by atoms with van der Waals surface area (Å²) in [5.74, 6) is -0.903. The normalized spacial score (nSPS) is 14.6. The predicted molar refractivity (Wildman–Crippen MR) is 40.1 cm³/mol. The van der Waals surface area contributed by atoms with Gasteiger partial charge in [0, 0.05) is 6.54 Å². The minimum absolute atomic E-state index is 0. The van der Waals surface area contributed by atoms with Crippen molar-refractivity contribution in [1.82, 2.24) is 5.32 Å². The van der Waals surface area contributed by atoms with E-state index in [1.165, 1.54) is 6.08 Å². The third-order valence-corrected chi connectivity index (χ3v) is 1.04. The van der Waals surface area contributed by atoms with Crippen molar-refractivity contribution < 1.29 is 9.90 Å². The number of dihydropyridines is 1. The molecule has 10 heavy (non-hydrogen) atoms. The summed E-state index contributed by atoms with van der Waals surface area (Å²) in [5.41, 5.74) is 0.262. The van der Waals surface area contributed by atoms with Crippen LogP contribution < -0.4 is 5.32 Å². The molecule has 0 fully saturated rings. The lowest BCUT2D eigenvalue weighted by Crippen LogP contribution is -2.21. The summed E-state index contributed by atoms with van der Waals surface area (Å²) in [6.07, 6.45) is 5.11. The average molecular weight is 162 g/mol. The first-order valence-electron chi connectivity index (χ1n) is 2.64. The highest BCUT2D eigenvalue weighted by Crippen LogP contribution is 1.94. The predicted octanol–water partition coefficient (Wildman–Crippen LogP) is 0.536. The molecule has 0 unspecified atom stereocenters. The Balaban J connectivity index is 0.000000810. The Hall–Kier alpha value is -0.960. The number of carbonyl (C=O) groups is 1. The second-order valence-electron chi connectivity index (χ2n) is 1.69. The Morgan fingerprint density at radius 1 is 1.70 bits per heavy atom. The summed E-state index contributed by atoms with van der Waals surface area (Å²) < 4.78 is 0. The molecule has 2 N–H and O–H groups in total. The molecular formula is C6H8ClNO2. The summed E-state index contributed by atoms with van der Waals surface area (Å²) in [4.78, 5) is 10.2. The monoisotopic (exact) mass is 161 g/mol. The Morgan fingerprint density at radius 3 is 2.70 bits per heavy atom. The van der Waals surface area contributed by atoms with Gasteiger partial charge in [-0.1, -0.05) is 12.2 Å². The fourth-order valence-electron chi connectivity index (χ4n) is 0.607. The number of hydrogen-bond acceptors (Lipinski definition) is 2. The summed E-state index contributed by atoms with van der Waals surface area (Å²) in [5, 5.41) is 11.1. The molecular weight excluding hydrogens is 154 g/mol. The zero-order valence-electron chi connectivity index (χ0n) is 5.20. The molecule has 1 aliphatic rings. The third-order valence-electron chi connectivity index (χ3n) is 1.04. The molecule has 0 aromatic rings. The molecule has 0 atom stereocenters. The standard InChI is InChI=1S/C6H7NO2.ClH/c8-6(9)5-3-1-2-4-7-5;/h1-3,7H,4H2,(H,8,9);1H. The molecule has 1 heterocycles. The molecule has 0 radical (unpaired) electrons. The van der Waals surface area contributed by atoms with Crippen LogP contribution in [0.1, 0.15) is 0 Å². The molecule has 0 spiro atoms. The lowest BCUT2D eigenvalue weighted by molar-refractivity contribution is -0.133. The van der Waals surface area contributed by atoms with Crippen LogP contribution in [-0.4, -0.2) is 17.6 Å². The largest absolute Gasteiger partial charge is 0.477 e. The van der Waals surface area contributed by atoms with Crippen LogP contribution in [0.25, 0.3) is 0 Å². The Labute approximate surface area is 64.8 Å². The van der Waals surface area contributed by atoms with Crippen molar-refractivity contribution in [3.63, 3.8) is 0 Å². The Bertz CT molecular complexity index is 186. The fraction of sp³-hybridized carbons (Fsp3) is 0.167. The zero-order chi connectivity index (χ0) is 6.69. The van der Waals surface area contributed by atoms with Gasteiger partial charge in [-0.15, -0.1) is 12.4 Å². The highest BCUT2D eigenvalue weighted by Gasteiger charge is 2.04. The molecule has 0 bridgehead atoms. The topological polar surface area (TPSA) is 49.3 Å². The Kier molecular flexibility index (Phi) is 3.57. The molecule has 0 aliphatic carbocycles. The van der Waals surface area contributed by atoms with Gasteiger partial charge >= 0.3 is 5.97 Å². The highest BCUT2D eigenvalue weighted by atomic mass is 35.5. The van der Waals surface area contributed by atoms with Crippen molar-refractivity contribution in [2.24, 2.45) is 0 Å². The van der Waals surface area contributed by atoms with E-state index in [2.05, 4.69) is 5.32 Å².